The second-order valence-corrected chi connectivity index (χ2v) is 7.09. The van der Waals surface area contributed by atoms with Gasteiger partial charge in [-0.25, -0.2) is 0 Å². The summed E-state index contributed by atoms with van der Waals surface area (Å²) in [6.07, 6.45) is 2.44. The van der Waals surface area contributed by atoms with Gasteiger partial charge in [-0.05, 0) is 50.3 Å². The largest absolute Gasteiger partial charge is 0.468 e. The standard InChI is InChI=1S/C19H25NO4/c1-19(2,18(22)23-3)15-4-5-16-14(12-15)6-9-20(16)17(21)13-7-10-24-11-8-13/h4-5,12-13H,6-11H2,1-3H3. The van der Waals surface area contributed by atoms with E-state index in [1.165, 1.54) is 7.11 Å². The van der Waals surface area contributed by atoms with Crippen molar-refractivity contribution < 1.29 is 19.1 Å². The Morgan fingerprint density at radius 2 is 1.96 bits per heavy atom. The fraction of sp³-hybridized carbons (Fsp3) is 0.579. The Bertz CT molecular complexity index is 647. The molecule has 2 heterocycles. The van der Waals surface area contributed by atoms with Crippen LogP contribution in [-0.2, 0) is 30.9 Å². The number of rotatable bonds is 3. The lowest BCUT2D eigenvalue weighted by molar-refractivity contribution is -0.146. The molecule has 3 rings (SSSR count). The van der Waals surface area contributed by atoms with Crippen LogP contribution in [0.3, 0.4) is 0 Å². The van der Waals surface area contributed by atoms with Gasteiger partial charge < -0.3 is 14.4 Å². The number of fused-ring (bicyclic) bond motifs is 1. The van der Waals surface area contributed by atoms with E-state index in [0.717, 1.165) is 36.1 Å². The van der Waals surface area contributed by atoms with Gasteiger partial charge in [-0.2, -0.15) is 0 Å². The predicted molar refractivity (Wildman–Crippen MR) is 91.1 cm³/mol. The summed E-state index contributed by atoms with van der Waals surface area (Å²) in [6.45, 7) is 5.78. The van der Waals surface area contributed by atoms with Crippen LogP contribution >= 0.6 is 0 Å². The molecule has 1 aromatic carbocycles. The molecule has 0 bridgehead atoms. The number of hydrogen-bond donors (Lipinski definition) is 0. The normalized spacial score (nSPS) is 18.4. The lowest BCUT2D eigenvalue weighted by Crippen LogP contribution is -2.37. The van der Waals surface area contributed by atoms with E-state index in [1.54, 1.807) is 0 Å². The fourth-order valence-electron chi connectivity index (χ4n) is 3.56. The molecule has 1 saturated heterocycles. The number of ether oxygens (including phenoxy) is 2. The summed E-state index contributed by atoms with van der Waals surface area (Å²) in [5.41, 5.74) is 2.34. The van der Waals surface area contributed by atoms with Crippen molar-refractivity contribution in [2.75, 3.05) is 31.8 Å². The van der Waals surface area contributed by atoms with Gasteiger partial charge >= 0.3 is 5.97 Å². The number of anilines is 1. The van der Waals surface area contributed by atoms with Crippen LogP contribution in [0, 0.1) is 5.92 Å². The fourth-order valence-corrected chi connectivity index (χ4v) is 3.56. The lowest BCUT2D eigenvalue weighted by Gasteiger charge is -2.27. The van der Waals surface area contributed by atoms with Crippen molar-refractivity contribution in [2.45, 2.75) is 38.5 Å². The van der Waals surface area contributed by atoms with Crippen LogP contribution < -0.4 is 4.90 Å². The van der Waals surface area contributed by atoms with Crippen LogP contribution in [0.2, 0.25) is 0 Å². The first-order valence-electron chi connectivity index (χ1n) is 8.56. The Hall–Kier alpha value is -1.88. The number of esters is 1. The van der Waals surface area contributed by atoms with E-state index in [4.69, 9.17) is 9.47 Å². The van der Waals surface area contributed by atoms with Crippen LogP contribution in [0.1, 0.15) is 37.8 Å². The maximum atomic E-state index is 12.8. The number of nitrogens with zero attached hydrogens (tertiary/aromatic N) is 1. The highest BCUT2D eigenvalue weighted by Gasteiger charge is 2.35. The summed E-state index contributed by atoms with van der Waals surface area (Å²) >= 11 is 0. The van der Waals surface area contributed by atoms with E-state index in [-0.39, 0.29) is 17.8 Å². The molecule has 2 aliphatic heterocycles. The summed E-state index contributed by atoms with van der Waals surface area (Å²) in [6, 6.07) is 5.95. The number of carbonyl (C=O) groups excluding carboxylic acids is 2. The molecule has 0 radical (unpaired) electrons. The molecule has 0 saturated carbocycles. The molecule has 0 aromatic heterocycles. The van der Waals surface area contributed by atoms with Gasteiger partial charge in [0.05, 0.1) is 12.5 Å². The van der Waals surface area contributed by atoms with Crippen LogP contribution in [0.15, 0.2) is 18.2 Å². The van der Waals surface area contributed by atoms with Crippen LogP contribution in [0.25, 0.3) is 0 Å². The van der Waals surface area contributed by atoms with Crippen molar-refractivity contribution in [2.24, 2.45) is 5.92 Å². The highest BCUT2D eigenvalue weighted by atomic mass is 16.5. The average molecular weight is 331 g/mol. The van der Waals surface area contributed by atoms with Crippen LogP contribution in [0.4, 0.5) is 5.69 Å². The topological polar surface area (TPSA) is 55.8 Å². The minimum atomic E-state index is -0.693. The Morgan fingerprint density at radius 1 is 1.25 bits per heavy atom. The quantitative estimate of drug-likeness (QED) is 0.799. The monoisotopic (exact) mass is 331 g/mol. The van der Waals surface area contributed by atoms with Gasteiger partial charge in [0.2, 0.25) is 5.91 Å². The Balaban J connectivity index is 1.83. The van der Waals surface area contributed by atoms with Gasteiger partial charge in [-0.15, -0.1) is 0 Å². The SMILES string of the molecule is COC(=O)C(C)(C)c1ccc2c(c1)CCN2C(=O)C1CCOCC1. The Labute approximate surface area is 142 Å². The van der Waals surface area contributed by atoms with E-state index in [9.17, 15) is 9.59 Å². The second-order valence-electron chi connectivity index (χ2n) is 7.09. The van der Waals surface area contributed by atoms with Crippen molar-refractivity contribution in [1.82, 2.24) is 0 Å². The minimum absolute atomic E-state index is 0.0656. The zero-order valence-corrected chi connectivity index (χ0v) is 14.6. The number of benzene rings is 1. The molecule has 1 aromatic rings. The molecule has 0 spiro atoms. The second kappa shape index (κ2) is 6.55. The van der Waals surface area contributed by atoms with Crippen LogP contribution in [0.5, 0.6) is 0 Å². The molecule has 1 amide bonds. The third-order valence-electron chi connectivity index (χ3n) is 5.23. The first-order valence-corrected chi connectivity index (χ1v) is 8.56. The summed E-state index contributed by atoms with van der Waals surface area (Å²) in [5, 5.41) is 0. The summed E-state index contributed by atoms with van der Waals surface area (Å²) in [7, 11) is 1.41. The van der Waals surface area contributed by atoms with Gasteiger partial charge in [-0.3, -0.25) is 9.59 Å². The molecule has 5 heteroatoms. The Morgan fingerprint density at radius 3 is 2.62 bits per heavy atom. The maximum absolute atomic E-state index is 12.8. The predicted octanol–water partition coefficient (Wildman–Crippen LogP) is 2.45. The maximum Gasteiger partial charge on any atom is 0.315 e. The zero-order chi connectivity index (χ0) is 17.3. The molecular weight excluding hydrogens is 306 g/mol. The zero-order valence-electron chi connectivity index (χ0n) is 14.6. The molecule has 2 aliphatic rings. The van der Waals surface area contributed by atoms with Crippen molar-refractivity contribution in [3.63, 3.8) is 0 Å². The molecule has 0 atom stereocenters. The van der Waals surface area contributed by atoms with Crippen molar-refractivity contribution in [3.8, 4) is 0 Å². The third kappa shape index (κ3) is 2.93. The molecule has 130 valence electrons. The number of carbonyl (C=O) groups is 2. The number of methoxy groups -OCH3 is 1. The van der Waals surface area contributed by atoms with Crippen LogP contribution in [-0.4, -0.2) is 38.7 Å². The minimum Gasteiger partial charge on any atom is -0.468 e. The highest BCUT2D eigenvalue weighted by molar-refractivity contribution is 5.97. The molecule has 1 fully saturated rings. The van der Waals surface area contributed by atoms with E-state index < -0.39 is 5.41 Å². The van der Waals surface area contributed by atoms with E-state index in [1.807, 2.05) is 36.9 Å². The lowest BCUT2D eigenvalue weighted by atomic mass is 9.83. The molecule has 5 nitrogen and oxygen atoms in total. The highest BCUT2D eigenvalue weighted by Crippen LogP contribution is 2.35. The number of hydrogen-bond acceptors (Lipinski definition) is 4. The van der Waals surface area contributed by atoms with Crippen molar-refractivity contribution >= 4 is 17.6 Å². The molecular formula is C19H25NO4. The van der Waals surface area contributed by atoms with Crippen molar-refractivity contribution in [3.05, 3.63) is 29.3 Å². The van der Waals surface area contributed by atoms with Gasteiger partial charge in [0.1, 0.15) is 0 Å². The molecule has 24 heavy (non-hydrogen) atoms. The van der Waals surface area contributed by atoms with E-state index >= 15 is 0 Å². The first-order chi connectivity index (χ1) is 11.4. The molecule has 0 N–H and O–H groups in total. The van der Waals surface area contributed by atoms with E-state index in [0.29, 0.717) is 19.8 Å². The smallest absolute Gasteiger partial charge is 0.315 e. The summed E-state index contributed by atoms with van der Waals surface area (Å²) < 4.78 is 10.3. The van der Waals surface area contributed by atoms with Gasteiger partial charge in [-0.1, -0.05) is 12.1 Å². The number of amides is 1. The molecule has 0 aliphatic carbocycles. The Kier molecular flexibility index (Phi) is 4.63. The molecule has 0 unspecified atom stereocenters. The van der Waals surface area contributed by atoms with Gasteiger partial charge in [0.25, 0.3) is 0 Å². The van der Waals surface area contributed by atoms with E-state index in [2.05, 4.69) is 0 Å². The third-order valence-corrected chi connectivity index (χ3v) is 5.23. The van der Waals surface area contributed by atoms with Gasteiger partial charge in [0, 0.05) is 31.4 Å². The summed E-state index contributed by atoms with van der Waals surface area (Å²) in [4.78, 5) is 26.7. The first kappa shape index (κ1) is 17.0. The van der Waals surface area contributed by atoms with Gasteiger partial charge in [0.15, 0.2) is 0 Å². The summed E-state index contributed by atoms with van der Waals surface area (Å²) in [5.74, 6) is 0.0171. The van der Waals surface area contributed by atoms with Crippen molar-refractivity contribution in [1.29, 1.82) is 0 Å². The average Bonchev–Trinajstić information content (AvgIpc) is 3.04.